The van der Waals surface area contributed by atoms with E-state index < -0.39 is 17.9 Å². The van der Waals surface area contributed by atoms with Crippen molar-refractivity contribution in [3.63, 3.8) is 0 Å². The van der Waals surface area contributed by atoms with E-state index >= 15 is 0 Å². The fourth-order valence-electron chi connectivity index (χ4n) is 1.21. The van der Waals surface area contributed by atoms with Crippen molar-refractivity contribution >= 4 is 35.1 Å². The molecule has 6 heteroatoms. The third-order valence-corrected chi connectivity index (χ3v) is 2.91. The molecule has 1 aromatic carbocycles. The van der Waals surface area contributed by atoms with Gasteiger partial charge in [0.2, 0.25) is 0 Å². The van der Waals surface area contributed by atoms with Gasteiger partial charge in [0.25, 0.3) is 0 Å². The van der Waals surface area contributed by atoms with Crippen LogP contribution in [0.3, 0.4) is 0 Å². The number of benzene rings is 1. The zero-order valence-electron chi connectivity index (χ0n) is 7.98. The van der Waals surface area contributed by atoms with E-state index in [0.717, 1.165) is 0 Å². The second-order valence-corrected chi connectivity index (χ2v) is 3.93. The van der Waals surface area contributed by atoms with Gasteiger partial charge in [-0.3, -0.25) is 9.59 Å². The lowest BCUT2D eigenvalue weighted by Gasteiger charge is -2.09. The van der Waals surface area contributed by atoms with E-state index in [1.807, 2.05) is 0 Å². The van der Waals surface area contributed by atoms with E-state index in [4.69, 9.17) is 33.4 Å². The maximum atomic E-state index is 10.7. The highest BCUT2D eigenvalue weighted by molar-refractivity contribution is 6.42. The van der Waals surface area contributed by atoms with Crippen LogP contribution >= 0.6 is 23.2 Å². The average molecular weight is 263 g/mol. The number of carboxylic acid groups (broad SMARTS) is 2. The fraction of sp³-hybridized carbons (Fsp3) is 0.200. The van der Waals surface area contributed by atoms with Crippen LogP contribution in [0.4, 0.5) is 0 Å². The molecule has 0 atom stereocenters. The highest BCUT2D eigenvalue weighted by atomic mass is 35.5. The summed E-state index contributed by atoms with van der Waals surface area (Å²) < 4.78 is 0. The number of hydrogen-bond donors (Lipinski definition) is 2. The molecule has 0 aliphatic heterocycles. The Hall–Kier alpha value is -1.26. The molecule has 0 aromatic heterocycles. The van der Waals surface area contributed by atoms with Gasteiger partial charge >= 0.3 is 11.9 Å². The lowest BCUT2D eigenvalue weighted by molar-refractivity contribution is -0.154. The lowest BCUT2D eigenvalue weighted by atomic mass is 10.00. The highest BCUT2D eigenvalue weighted by Crippen LogP contribution is 2.27. The van der Waals surface area contributed by atoms with Crippen molar-refractivity contribution in [3.8, 4) is 0 Å². The maximum Gasteiger partial charge on any atom is 0.318 e. The fourth-order valence-corrected chi connectivity index (χ4v) is 1.60. The Kier molecular flexibility index (Phi) is 4.15. The molecule has 0 amide bonds. The summed E-state index contributed by atoms with van der Waals surface area (Å²) in [4.78, 5) is 21.4. The maximum absolute atomic E-state index is 10.7. The van der Waals surface area contributed by atoms with Gasteiger partial charge in [-0.15, -0.1) is 0 Å². The van der Waals surface area contributed by atoms with Crippen molar-refractivity contribution in [2.75, 3.05) is 0 Å². The number of halogens is 2. The molecule has 0 saturated carbocycles. The van der Waals surface area contributed by atoms with Gasteiger partial charge in [0, 0.05) is 0 Å². The minimum atomic E-state index is -1.52. The summed E-state index contributed by atoms with van der Waals surface area (Å²) in [6.07, 6.45) is -0.190. The van der Waals surface area contributed by atoms with Crippen LogP contribution in [0.1, 0.15) is 5.56 Å². The van der Waals surface area contributed by atoms with Crippen LogP contribution in [0.25, 0.3) is 0 Å². The van der Waals surface area contributed by atoms with Gasteiger partial charge < -0.3 is 10.2 Å². The predicted molar refractivity (Wildman–Crippen MR) is 58.9 cm³/mol. The van der Waals surface area contributed by atoms with Crippen LogP contribution in [-0.2, 0) is 16.0 Å². The summed E-state index contributed by atoms with van der Waals surface area (Å²) in [5, 5.41) is 17.9. The quantitative estimate of drug-likeness (QED) is 0.817. The van der Waals surface area contributed by atoms with Crippen molar-refractivity contribution in [2.24, 2.45) is 5.92 Å². The molecule has 0 bridgehead atoms. The molecule has 0 fully saturated rings. The smallest absolute Gasteiger partial charge is 0.318 e. The van der Waals surface area contributed by atoms with Gasteiger partial charge in [-0.1, -0.05) is 35.3 Å². The monoisotopic (exact) mass is 262 g/mol. The second kappa shape index (κ2) is 5.18. The minimum absolute atomic E-state index is 0.190. The van der Waals surface area contributed by atoms with Crippen LogP contribution < -0.4 is 0 Å². The molecule has 16 heavy (non-hydrogen) atoms. The summed E-state index contributed by atoms with van der Waals surface area (Å²) >= 11 is 11.6. The minimum Gasteiger partial charge on any atom is -0.481 e. The molecule has 0 spiro atoms. The molecule has 0 saturated heterocycles. The molecule has 4 nitrogen and oxygen atoms in total. The number of aliphatic carboxylic acids is 2. The highest BCUT2D eigenvalue weighted by Gasteiger charge is 2.26. The number of hydrogen-bond acceptors (Lipinski definition) is 2. The van der Waals surface area contributed by atoms with E-state index in [2.05, 4.69) is 0 Å². The average Bonchev–Trinajstić information content (AvgIpc) is 2.19. The molecule has 86 valence electrons. The first-order valence-corrected chi connectivity index (χ1v) is 5.07. The van der Waals surface area contributed by atoms with Gasteiger partial charge in [-0.05, 0) is 18.1 Å². The van der Waals surface area contributed by atoms with Crippen LogP contribution in [0, 0.1) is 5.92 Å². The van der Waals surface area contributed by atoms with Crippen molar-refractivity contribution in [2.45, 2.75) is 6.42 Å². The molecule has 1 aromatic rings. The van der Waals surface area contributed by atoms with E-state index in [1.54, 1.807) is 18.2 Å². The van der Waals surface area contributed by atoms with E-state index in [0.29, 0.717) is 5.56 Å². The van der Waals surface area contributed by atoms with Crippen molar-refractivity contribution < 1.29 is 19.8 Å². The van der Waals surface area contributed by atoms with E-state index in [-0.39, 0.29) is 16.5 Å². The first-order valence-electron chi connectivity index (χ1n) is 4.32. The Morgan fingerprint density at radius 1 is 1.19 bits per heavy atom. The van der Waals surface area contributed by atoms with Gasteiger partial charge in [0.05, 0.1) is 10.0 Å². The molecule has 0 radical (unpaired) electrons. The van der Waals surface area contributed by atoms with E-state index in [1.165, 1.54) is 0 Å². The summed E-state index contributed by atoms with van der Waals surface area (Å²) in [5.74, 6) is -4.32. The predicted octanol–water partition coefficient (Wildman–Crippen LogP) is 2.32. The Labute approximate surface area is 101 Å². The summed E-state index contributed by atoms with van der Waals surface area (Å²) in [6.45, 7) is 0. The Bertz CT molecular complexity index is 417. The largest absolute Gasteiger partial charge is 0.481 e. The van der Waals surface area contributed by atoms with Gasteiger partial charge in [0.1, 0.15) is 0 Å². The Morgan fingerprint density at radius 2 is 1.75 bits per heavy atom. The van der Waals surface area contributed by atoms with Crippen molar-refractivity contribution in [1.29, 1.82) is 0 Å². The first kappa shape index (κ1) is 12.8. The van der Waals surface area contributed by atoms with Crippen LogP contribution in [-0.4, -0.2) is 22.2 Å². The number of rotatable bonds is 4. The first-order chi connectivity index (χ1) is 7.43. The summed E-state index contributed by atoms with van der Waals surface area (Å²) in [7, 11) is 0. The molecule has 0 aliphatic carbocycles. The van der Waals surface area contributed by atoms with Crippen LogP contribution in [0.2, 0.25) is 10.0 Å². The summed E-state index contributed by atoms with van der Waals surface area (Å²) in [6, 6.07) is 4.68. The third kappa shape index (κ3) is 2.87. The van der Waals surface area contributed by atoms with Crippen molar-refractivity contribution in [3.05, 3.63) is 33.8 Å². The third-order valence-electron chi connectivity index (χ3n) is 2.05. The van der Waals surface area contributed by atoms with E-state index in [9.17, 15) is 9.59 Å². The molecule has 0 aliphatic rings. The SMILES string of the molecule is O=C(O)C(Cc1cccc(Cl)c1Cl)C(=O)O. The van der Waals surface area contributed by atoms with Crippen molar-refractivity contribution in [1.82, 2.24) is 0 Å². The zero-order chi connectivity index (χ0) is 12.3. The molecular weight excluding hydrogens is 255 g/mol. The Morgan fingerprint density at radius 3 is 2.25 bits per heavy atom. The summed E-state index contributed by atoms with van der Waals surface area (Å²) in [5.41, 5.74) is 0.406. The molecule has 1 rings (SSSR count). The van der Waals surface area contributed by atoms with Crippen LogP contribution in [0.15, 0.2) is 18.2 Å². The number of carbonyl (C=O) groups is 2. The zero-order valence-corrected chi connectivity index (χ0v) is 9.50. The van der Waals surface area contributed by atoms with Gasteiger partial charge in [0.15, 0.2) is 5.92 Å². The normalized spacial score (nSPS) is 10.4. The number of carboxylic acids is 2. The molecule has 0 unspecified atom stereocenters. The topological polar surface area (TPSA) is 74.6 Å². The lowest BCUT2D eigenvalue weighted by Crippen LogP contribution is -2.25. The van der Waals surface area contributed by atoms with Crippen LogP contribution in [0.5, 0.6) is 0 Å². The van der Waals surface area contributed by atoms with Gasteiger partial charge in [-0.25, -0.2) is 0 Å². The molecule has 2 N–H and O–H groups in total. The Balaban J connectivity index is 2.98. The standard InChI is InChI=1S/C10H8Cl2O4/c11-7-3-1-2-5(8(7)12)4-6(9(13)14)10(15)16/h1-3,6H,4H2,(H,13,14)(H,15,16). The van der Waals surface area contributed by atoms with Gasteiger partial charge in [-0.2, -0.15) is 0 Å². The second-order valence-electron chi connectivity index (χ2n) is 3.15. The molecular formula is C10H8Cl2O4. The molecule has 0 heterocycles.